The van der Waals surface area contributed by atoms with Crippen molar-refractivity contribution in [3.63, 3.8) is 0 Å². The molecule has 1 N–H and O–H groups in total. The Hall–Kier alpha value is -2.72. The van der Waals surface area contributed by atoms with E-state index < -0.39 is 6.61 Å². The molecule has 4 rings (SSSR count). The van der Waals surface area contributed by atoms with Crippen LogP contribution in [0, 0.1) is 0 Å². The number of halogens is 2. The van der Waals surface area contributed by atoms with Crippen LogP contribution in [0.2, 0.25) is 0 Å². The van der Waals surface area contributed by atoms with E-state index in [-0.39, 0.29) is 23.0 Å². The van der Waals surface area contributed by atoms with Gasteiger partial charge in [0.25, 0.3) is 5.56 Å². The van der Waals surface area contributed by atoms with Crippen LogP contribution in [0.4, 0.5) is 14.5 Å². The molecule has 0 bridgehead atoms. The second-order valence-electron chi connectivity index (χ2n) is 7.58. The topological polar surface area (TPSA) is 73.2 Å². The quantitative estimate of drug-likeness (QED) is 0.202. The number of rotatable bonds is 8. The number of thioether (sulfide) groups is 1. The summed E-state index contributed by atoms with van der Waals surface area (Å²) in [4.78, 5) is 32.5. The highest BCUT2D eigenvalue weighted by Crippen LogP contribution is 2.34. The first-order chi connectivity index (χ1) is 16.0. The number of benzene rings is 1. The van der Waals surface area contributed by atoms with Crippen LogP contribution in [0.3, 0.4) is 0 Å². The fourth-order valence-corrected chi connectivity index (χ4v) is 5.95. The molecule has 0 atom stereocenters. The normalized spacial score (nSPS) is 13.5. The number of aryl methyl sites for hydroxylation is 2. The van der Waals surface area contributed by atoms with Crippen molar-refractivity contribution in [1.82, 2.24) is 9.55 Å². The van der Waals surface area contributed by atoms with Crippen LogP contribution >= 0.6 is 23.1 Å². The van der Waals surface area contributed by atoms with Crippen LogP contribution in [-0.4, -0.2) is 27.8 Å². The molecule has 0 unspecified atom stereocenters. The third-order valence-corrected chi connectivity index (χ3v) is 7.46. The van der Waals surface area contributed by atoms with Crippen molar-refractivity contribution in [3.8, 4) is 5.75 Å². The molecule has 0 saturated carbocycles. The molecule has 0 fully saturated rings. The number of hydrogen-bond acceptors (Lipinski definition) is 6. The Bertz CT molecular complexity index is 1220. The molecule has 1 amide bonds. The van der Waals surface area contributed by atoms with E-state index in [1.807, 2.05) is 0 Å². The molecule has 0 saturated heterocycles. The van der Waals surface area contributed by atoms with Gasteiger partial charge in [-0.25, -0.2) is 4.98 Å². The Morgan fingerprint density at radius 3 is 2.76 bits per heavy atom. The zero-order valence-corrected chi connectivity index (χ0v) is 19.4. The predicted molar refractivity (Wildman–Crippen MR) is 128 cm³/mol. The second kappa shape index (κ2) is 10.5. The number of carbonyl (C=O) groups excluding carboxylic acids is 1. The van der Waals surface area contributed by atoms with E-state index in [1.165, 1.54) is 47.3 Å². The van der Waals surface area contributed by atoms with E-state index in [9.17, 15) is 18.4 Å². The van der Waals surface area contributed by atoms with Gasteiger partial charge < -0.3 is 10.1 Å². The summed E-state index contributed by atoms with van der Waals surface area (Å²) in [5.74, 6) is -0.253. The van der Waals surface area contributed by atoms with Crippen molar-refractivity contribution in [1.29, 1.82) is 0 Å². The summed E-state index contributed by atoms with van der Waals surface area (Å²) in [6.07, 6.45) is 6.89. The first-order valence-corrected chi connectivity index (χ1v) is 12.4. The number of ether oxygens (including phenoxy) is 1. The summed E-state index contributed by atoms with van der Waals surface area (Å²) in [7, 11) is 0. The molecule has 6 nitrogen and oxygen atoms in total. The minimum atomic E-state index is -2.90. The van der Waals surface area contributed by atoms with E-state index in [4.69, 9.17) is 4.98 Å². The van der Waals surface area contributed by atoms with Crippen molar-refractivity contribution in [2.75, 3.05) is 11.1 Å². The summed E-state index contributed by atoms with van der Waals surface area (Å²) in [5, 5.41) is 3.89. The highest BCUT2D eigenvalue weighted by molar-refractivity contribution is 7.99. The van der Waals surface area contributed by atoms with Crippen molar-refractivity contribution in [2.45, 2.75) is 50.4 Å². The Balaban J connectivity index is 1.51. The molecule has 0 aliphatic heterocycles. The molecule has 1 aliphatic rings. The lowest BCUT2D eigenvalue weighted by atomic mass is 10.1. The smallest absolute Gasteiger partial charge is 0.387 e. The number of thiophene rings is 1. The van der Waals surface area contributed by atoms with E-state index in [2.05, 4.69) is 16.6 Å². The Morgan fingerprint density at radius 1 is 1.27 bits per heavy atom. The number of aromatic nitrogens is 2. The van der Waals surface area contributed by atoms with Crippen molar-refractivity contribution >= 4 is 44.9 Å². The van der Waals surface area contributed by atoms with Crippen LogP contribution < -0.4 is 15.6 Å². The Morgan fingerprint density at radius 2 is 2.03 bits per heavy atom. The average Bonchev–Trinajstić information content (AvgIpc) is 2.96. The number of amides is 1. The average molecular weight is 492 g/mol. The number of nitrogens with zero attached hydrogens (tertiary/aromatic N) is 2. The fraction of sp³-hybridized carbons (Fsp3) is 0.348. The molecular formula is C23H23F2N3O3S2. The van der Waals surface area contributed by atoms with Crippen molar-refractivity contribution in [2.24, 2.45) is 0 Å². The molecule has 0 spiro atoms. The lowest BCUT2D eigenvalue weighted by Gasteiger charge is -2.11. The number of allylic oxidation sites excluding steroid dienone is 1. The summed E-state index contributed by atoms with van der Waals surface area (Å²) < 4.78 is 30.4. The summed E-state index contributed by atoms with van der Waals surface area (Å²) >= 11 is 2.76. The van der Waals surface area contributed by atoms with Gasteiger partial charge in [-0.05, 0) is 55.5 Å². The van der Waals surface area contributed by atoms with Gasteiger partial charge in [-0.15, -0.1) is 17.9 Å². The SMILES string of the molecule is C=CCn1c(SCC(=O)Nc2ccc(OC(F)F)cc2)nc2sc3c(c2c1=O)CCCCC3. The largest absolute Gasteiger partial charge is 0.435 e. The van der Waals surface area contributed by atoms with E-state index in [0.717, 1.165) is 36.1 Å². The summed E-state index contributed by atoms with van der Waals surface area (Å²) in [5.41, 5.74) is 1.50. The van der Waals surface area contributed by atoms with Crippen molar-refractivity contribution < 1.29 is 18.3 Å². The third-order valence-electron chi connectivity index (χ3n) is 5.30. The number of alkyl halides is 2. The van der Waals surface area contributed by atoms with E-state index in [1.54, 1.807) is 22.0 Å². The maximum atomic E-state index is 13.3. The van der Waals surface area contributed by atoms with Crippen LogP contribution in [0.5, 0.6) is 5.75 Å². The highest BCUT2D eigenvalue weighted by Gasteiger charge is 2.21. The number of nitrogens with one attached hydrogen (secondary N) is 1. The van der Waals surface area contributed by atoms with Gasteiger partial charge in [0, 0.05) is 17.1 Å². The maximum absolute atomic E-state index is 13.3. The molecule has 3 aromatic rings. The van der Waals surface area contributed by atoms with Gasteiger partial charge in [-0.3, -0.25) is 14.2 Å². The number of fused-ring (bicyclic) bond motifs is 3. The van der Waals surface area contributed by atoms with Gasteiger partial charge >= 0.3 is 6.61 Å². The first kappa shape index (κ1) is 23.4. The van der Waals surface area contributed by atoms with Gasteiger partial charge in [0.1, 0.15) is 10.6 Å². The number of anilines is 1. The minimum absolute atomic E-state index is 0.0117. The number of hydrogen-bond donors (Lipinski definition) is 1. The predicted octanol–water partition coefficient (Wildman–Crippen LogP) is 5.25. The third kappa shape index (κ3) is 5.44. The standard InChI is InChI=1S/C23H23F2N3O3S2/c1-2-12-28-21(30)19-16-6-4-3-5-7-17(16)33-20(19)27-23(28)32-13-18(29)26-14-8-10-15(11-9-14)31-22(24)25/h2,8-11,22H,1,3-7,12-13H2,(H,26,29). The number of carbonyl (C=O) groups is 1. The zero-order valence-electron chi connectivity index (χ0n) is 17.8. The molecule has 174 valence electrons. The van der Waals surface area contributed by atoms with Gasteiger partial charge in [0.15, 0.2) is 5.16 Å². The minimum Gasteiger partial charge on any atom is -0.435 e. The lowest BCUT2D eigenvalue weighted by Crippen LogP contribution is -2.24. The fourth-order valence-electron chi connectivity index (χ4n) is 3.84. The second-order valence-corrected chi connectivity index (χ2v) is 9.61. The zero-order chi connectivity index (χ0) is 23.4. The summed E-state index contributed by atoms with van der Waals surface area (Å²) in [6.45, 7) is 1.16. The van der Waals surface area contributed by atoms with Crippen LogP contribution in [0.25, 0.3) is 10.2 Å². The van der Waals surface area contributed by atoms with Crippen LogP contribution in [0.1, 0.15) is 29.7 Å². The Kier molecular flexibility index (Phi) is 7.44. The lowest BCUT2D eigenvalue weighted by molar-refractivity contribution is -0.113. The van der Waals surface area contributed by atoms with E-state index in [0.29, 0.717) is 22.8 Å². The molecule has 1 aliphatic carbocycles. The van der Waals surface area contributed by atoms with E-state index >= 15 is 0 Å². The molecule has 1 aromatic carbocycles. The maximum Gasteiger partial charge on any atom is 0.387 e. The molecule has 2 heterocycles. The molecule has 10 heteroatoms. The monoisotopic (exact) mass is 491 g/mol. The first-order valence-electron chi connectivity index (χ1n) is 10.6. The Labute approximate surface area is 197 Å². The molecule has 2 aromatic heterocycles. The van der Waals surface area contributed by atoms with Crippen LogP contribution in [0.15, 0.2) is 46.9 Å². The van der Waals surface area contributed by atoms with Crippen LogP contribution in [-0.2, 0) is 24.2 Å². The van der Waals surface area contributed by atoms with Gasteiger partial charge in [-0.1, -0.05) is 24.3 Å². The molecule has 33 heavy (non-hydrogen) atoms. The molecular weight excluding hydrogens is 468 g/mol. The highest BCUT2D eigenvalue weighted by atomic mass is 32.2. The van der Waals surface area contributed by atoms with Crippen molar-refractivity contribution in [3.05, 3.63) is 57.7 Å². The summed E-state index contributed by atoms with van der Waals surface area (Å²) in [6, 6.07) is 5.67. The van der Waals surface area contributed by atoms with Gasteiger partial charge in [0.05, 0.1) is 11.1 Å². The van der Waals surface area contributed by atoms with Gasteiger partial charge in [0.2, 0.25) is 5.91 Å². The van der Waals surface area contributed by atoms with Gasteiger partial charge in [-0.2, -0.15) is 8.78 Å². The molecule has 0 radical (unpaired) electrons.